The maximum atomic E-state index is 11.6. The second-order valence-electron chi connectivity index (χ2n) is 3.06. The van der Waals surface area contributed by atoms with Gasteiger partial charge in [-0.2, -0.15) is 0 Å². The second-order valence-corrected chi connectivity index (χ2v) is 3.06. The minimum absolute atomic E-state index is 0.212. The predicted octanol–water partition coefficient (Wildman–Crippen LogP) is 1.36. The average Bonchev–Trinajstić information content (AvgIpc) is 2.27. The van der Waals surface area contributed by atoms with Gasteiger partial charge < -0.3 is 14.6 Å². The van der Waals surface area contributed by atoms with Crippen molar-refractivity contribution in [3.8, 4) is 11.5 Å². The van der Waals surface area contributed by atoms with Crippen molar-refractivity contribution < 1.29 is 24.2 Å². The highest BCUT2D eigenvalue weighted by Gasteiger charge is 2.16. The lowest BCUT2D eigenvalue weighted by Gasteiger charge is -2.08. The topological polar surface area (TPSA) is 72.8 Å². The predicted molar refractivity (Wildman–Crippen MR) is 56.1 cm³/mol. The van der Waals surface area contributed by atoms with Crippen LogP contribution >= 0.6 is 0 Å². The monoisotopic (exact) mass is 224 g/mol. The third-order valence-electron chi connectivity index (χ3n) is 2.02. The molecule has 86 valence electrons. The summed E-state index contributed by atoms with van der Waals surface area (Å²) >= 11 is 0. The fraction of sp³-hybridized carbons (Fsp3) is 0.273. The van der Waals surface area contributed by atoms with Crippen molar-refractivity contribution in [3.63, 3.8) is 0 Å². The molecule has 0 amide bonds. The van der Waals surface area contributed by atoms with Crippen molar-refractivity contribution >= 4 is 11.8 Å². The number of benzene rings is 1. The third kappa shape index (κ3) is 2.73. The summed E-state index contributed by atoms with van der Waals surface area (Å²) in [6, 6.07) is 4.66. The van der Waals surface area contributed by atoms with E-state index in [1.165, 1.54) is 20.3 Å². The lowest BCUT2D eigenvalue weighted by Crippen LogP contribution is -2.08. The van der Waals surface area contributed by atoms with Gasteiger partial charge in [0.05, 0.1) is 19.8 Å². The van der Waals surface area contributed by atoms with Gasteiger partial charge in [0, 0.05) is 0 Å². The van der Waals surface area contributed by atoms with E-state index >= 15 is 0 Å². The number of aliphatic carboxylic acids is 1. The van der Waals surface area contributed by atoms with E-state index in [4.69, 9.17) is 14.6 Å². The lowest BCUT2D eigenvalue weighted by atomic mass is 10.1. The molecular weight excluding hydrogens is 212 g/mol. The van der Waals surface area contributed by atoms with Crippen LogP contribution in [0.15, 0.2) is 18.2 Å². The van der Waals surface area contributed by atoms with Crippen LogP contribution in [-0.2, 0) is 4.79 Å². The number of carbonyl (C=O) groups excluding carboxylic acids is 1. The molecule has 0 fully saturated rings. The van der Waals surface area contributed by atoms with Crippen LogP contribution < -0.4 is 9.47 Å². The molecule has 16 heavy (non-hydrogen) atoms. The van der Waals surface area contributed by atoms with Crippen LogP contribution in [0.5, 0.6) is 11.5 Å². The van der Waals surface area contributed by atoms with Crippen LogP contribution in [0.4, 0.5) is 0 Å². The van der Waals surface area contributed by atoms with Crippen LogP contribution in [0.1, 0.15) is 16.8 Å². The van der Waals surface area contributed by atoms with Gasteiger partial charge in [-0.05, 0) is 18.2 Å². The van der Waals surface area contributed by atoms with E-state index in [9.17, 15) is 9.59 Å². The summed E-state index contributed by atoms with van der Waals surface area (Å²) in [6.45, 7) is 0. The van der Waals surface area contributed by atoms with E-state index in [-0.39, 0.29) is 5.56 Å². The average molecular weight is 224 g/mol. The number of carbonyl (C=O) groups is 2. The molecular formula is C11H12O5. The highest BCUT2D eigenvalue weighted by molar-refractivity contribution is 6.07. The Morgan fingerprint density at radius 1 is 1.25 bits per heavy atom. The third-order valence-corrected chi connectivity index (χ3v) is 2.02. The van der Waals surface area contributed by atoms with Crippen LogP contribution in [0, 0.1) is 0 Å². The Bertz CT molecular complexity index is 411. The summed E-state index contributed by atoms with van der Waals surface area (Å²) in [5.74, 6) is -0.861. The van der Waals surface area contributed by atoms with E-state index in [0.29, 0.717) is 11.5 Å². The molecule has 5 heteroatoms. The fourth-order valence-electron chi connectivity index (χ4n) is 1.26. The molecule has 5 nitrogen and oxygen atoms in total. The number of ether oxygens (including phenoxy) is 2. The molecule has 0 atom stereocenters. The number of ketones is 1. The van der Waals surface area contributed by atoms with Gasteiger partial charge in [0.2, 0.25) is 0 Å². The molecule has 1 rings (SSSR count). The van der Waals surface area contributed by atoms with Crippen LogP contribution in [0.2, 0.25) is 0 Å². The number of Topliss-reactive ketones (excluding diaryl/α,β-unsaturated/α-hetero) is 1. The fourth-order valence-corrected chi connectivity index (χ4v) is 1.26. The molecule has 0 aromatic heterocycles. The molecule has 0 bridgehead atoms. The molecule has 1 aromatic rings. The molecule has 0 heterocycles. The molecule has 0 spiro atoms. The van der Waals surface area contributed by atoms with Crippen molar-refractivity contribution in [2.75, 3.05) is 14.2 Å². The van der Waals surface area contributed by atoms with Crippen molar-refractivity contribution in [1.29, 1.82) is 0 Å². The molecule has 0 aliphatic heterocycles. The Morgan fingerprint density at radius 2 is 1.94 bits per heavy atom. The van der Waals surface area contributed by atoms with Crippen molar-refractivity contribution in [2.45, 2.75) is 6.42 Å². The summed E-state index contributed by atoms with van der Waals surface area (Å²) in [5, 5.41) is 8.54. The van der Waals surface area contributed by atoms with E-state index < -0.39 is 18.2 Å². The first kappa shape index (κ1) is 12.0. The van der Waals surface area contributed by atoms with Gasteiger partial charge in [0.1, 0.15) is 17.9 Å². The zero-order valence-electron chi connectivity index (χ0n) is 9.02. The normalized spacial score (nSPS) is 9.62. The van der Waals surface area contributed by atoms with Gasteiger partial charge in [0.15, 0.2) is 5.78 Å². The Balaban J connectivity index is 3.08. The molecule has 0 aliphatic carbocycles. The van der Waals surface area contributed by atoms with Crippen molar-refractivity contribution in [1.82, 2.24) is 0 Å². The maximum Gasteiger partial charge on any atom is 0.311 e. The first-order valence-electron chi connectivity index (χ1n) is 4.55. The standard InChI is InChI=1S/C11H12O5/c1-15-7-3-4-10(16-2)8(5-7)9(12)6-11(13)14/h3-5H,6H2,1-2H3,(H,13,14). The molecule has 0 radical (unpaired) electrons. The highest BCUT2D eigenvalue weighted by atomic mass is 16.5. The quantitative estimate of drug-likeness (QED) is 0.604. The van der Waals surface area contributed by atoms with Gasteiger partial charge in [-0.15, -0.1) is 0 Å². The number of carboxylic acid groups (broad SMARTS) is 1. The number of hydrogen-bond acceptors (Lipinski definition) is 4. The number of methoxy groups -OCH3 is 2. The van der Waals surface area contributed by atoms with E-state index in [1.54, 1.807) is 12.1 Å². The van der Waals surface area contributed by atoms with Crippen LogP contribution in [0.25, 0.3) is 0 Å². The van der Waals surface area contributed by atoms with Crippen molar-refractivity contribution in [3.05, 3.63) is 23.8 Å². The zero-order valence-corrected chi connectivity index (χ0v) is 9.02. The molecule has 0 saturated heterocycles. The Labute approximate surface area is 92.6 Å². The van der Waals surface area contributed by atoms with Gasteiger partial charge >= 0.3 is 5.97 Å². The van der Waals surface area contributed by atoms with E-state index in [2.05, 4.69) is 0 Å². The number of rotatable bonds is 5. The summed E-state index contributed by atoms with van der Waals surface area (Å²) in [7, 11) is 2.88. The van der Waals surface area contributed by atoms with Gasteiger partial charge in [0.25, 0.3) is 0 Å². The van der Waals surface area contributed by atoms with Crippen LogP contribution in [0.3, 0.4) is 0 Å². The van der Waals surface area contributed by atoms with Gasteiger partial charge in [-0.1, -0.05) is 0 Å². The Kier molecular flexibility index (Phi) is 3.88. The number of hydrogen-bond donors (Lipinski definition) is 1. The maximum absolute atomic E-state index is 11.6. The molecule has 0 saturated carbocycles. The molecule has 0 unspecified atom stereocenters. The lowest BCUT2D eigenvalue weighted by molar-refractivity contribution is -0.135. The van der Waals surface area contributed by atoms with Gasteiger partial charge in [-0.3, -0.25) is 9.59 Å². The largest absolute Gasteiger partial charge is 0.497 e. The first-order chi connectivity index (χ1) is 7.58. The highest BCUT2D eigenvalue weighted by Crippen LogP contribution is 2.25. The summed E-state index contributed by atoms with van der Waals surface area (Å²) < 4.78 is 9.93. The smallest absolute Gasteiger partial charge is 0.311 e. The van der Waals surface area contributed by atoms with Gasteiger partial charge in [-0.25, -0.2) is 0 Å². The minimum atomic E-state index is -1.17. The summed E-state index contributed by atoms with van der Waals surface area (Å²) in [6.07, 6.45) is -0.566. The minimum Gasteiger partial charge on any atom is -0.497 e. The van der Waals surface area contributed by atoms with Crippen LogP contribution in [-0.4, -0.2) is 31.1 Å². The molecule has 1 N–H and O–H groups in total. The summed E-state index contributed by atoms with van der Waals surface area (Å²) in [5.41, 5.74) is 0.212. The zero-order chi connectivity index (χ0) is 12.1. The van der Waals surface area contributed by atoms with Crippen molar-refractivity contribution in [2.24, 2.45) is 0 Å². The molecule has 0 aliphatic rings. The SMILES string of the molecule is COc1ccc(OC)c(C(=O)CC(=O)O)c1. The first-order valence-corrected chi connectivity index (χ1v) is 4.55. The Morgan fingerprint density at radius 3 is 2.44 bits per heavy atom. The summed E-state index contributed by atoms with van der Waals surface area (Å²) in [4.78, 5) is 22.0. The van der Waals surface area contributed by atoms with E-state index in [0.717, 1.165) is 0 Å². The van der Waals surface area contributed by atoms with E-state index in [1.807, 2.05) is 0 Å². The second kappa shape index (κ2) is 5.16. The molecule has 1 aromatic carbocycles. The number of carboxylic acids is 1. The Hall–Kier alpha value is -2.04.